The highest BCUT2D eigenvalue weighted by Gasteiger charge is 2.42. The molecular weight excluding hydrogens is 268 g/mol. The Labute approximate surface area is 126 Å². The van der Waals surface area contributed by atoms with E-state index >= 15 is 0 Å². The van der Waals surface area contributed by atoms with Crippen LogP contribution in [0.25, 0.3) is 0 Å². The Hall–Kier alpha value is -1.26. The van der Waals surface area contributed by atoms with Gasteiger partial charge in [0.05, 0.1) is 0 Å². The lowest BCUT2D eigenvalue weighted by molar-refractivity contribution is -0.144. The molecule has 2 heterocycles. The van der Waals surface area contributed by atoms with Crippen LogP contribution in [0.4, 0.5) is 4.79 Å². The van der Waals surface area contributed by atoms with Crippen LogP contribution in [-0.4, -0.2) is 52.6 Å². The molecule has 5 nitrogen and oxygen atoms in total. The summed E-state index contributed by atoms with van der Waals surface area (Å²) in [5, 5.41) is 9.46. The van der Waals surface area contributed by atoms with E-state index < -0.39 is 12.0 Å². The maximum Gasteiger partial charge on any atom is 0.326 e. The molecule has 0 radical (unpaired) electrons. The van der Waals surface area contributed by atoms with Crippen LogP contribution in [0.3, 0.4) is 0 Å². The molecule has 3 aliphatic rings. The van der Waals surface area contributed by atoms with Crippen molar-refractivity contribution in [3.63, 3.8) is 0 Å². The van der Waals surface area contributed by atoms with E-state index in [9.17, 15) is 14.7 Å². The predicted octanol–water partition coefficient (Wildman–Crippen LogP) is 2.41. The lowest BCUT2D eigenvalue weighted by Crippen LogP contribution is -2.54. The van der Waals surface area contributed by atoms with Crippen LogP contribution in [0.2, 0.25) is 0 Å². The zero-order chi connectivity index (χ0) is 15.0. The number of likely N-dealkylation sites (tertiary alicyclic amines) is 2. The first-order valence-electron chi connectivity index (χ1n) is 8.38. The molecule has 4 atom stereocenters. The topological polar surface area (TPSA) is 60.9 Å². The molecule has 1 saturated carbocycles. The molecule has 21 heavy (non-hydrogen) atoms. The third-order valence-corrected chi connectivity index (χ3v) is 5.82. The molecule has 4 unspecified atom stereocenters. The monoisotopic (exact) mass is 294 g/mol. The molecule has 3 rings (SSSR count). The Morgan fingerprint density at radius 1 is 1.14 bits per heavy atom. The molecule has 3 fully saturated rings. The molecule has 0 bridgehead atoms. The number of fused-ring (bicyclic) bond motifs is 1. The van der Waals surface area contributed by atoms with Crippen molar-refractivity contribution in [1.29, 1.82) is 0 Å². The van der Waals surface area contributed by atoms with Crippen molar-refractivity contribution < 1.29 is 14.7 Å². The fourth-order valence-electron chi connectivity index (χ4n) is 4.45. The largest absolute Gasteiger partial charge is 0.480 e. The van der Waals surface area contributed by atoms with Crippen LogP contribution >= 0.6 is 0 Å². The Morgan fingerprint density at radius 3 is 2.38 bits per heavy atom. The van der Waals surface area contributed by atoms with E-state index in [0.29, 0.717) is 30.7 Å². The number of amides is 2. The average molecular weight is 294 g/mol. The maximum absolute atomic E-state index is 12.7. The Balaban J connectivity index is 1.67. The summed E-state index contributed by atoms with van der Waals surface area (Å²) in [4.78, 5) is 27.8. The maximum atomic E-state index is 12.7. The second-order valence-electron chi connectivity index (χ2n) is 6.98. The summed E-state index contributed by atoms with van der Waals surface area (Å²) in [6, 6.07) is -0.664. The number of aliphatic carboxylic acids is 1. The summed E-state index contributed by atoms with van der Waals surface area (Å²) in [6.45, 7) is 4.37. The van der Waals surface area contributed by atoms with Crippen molar-refractivity contribution in [3.05, 3.63) is 0 Å². The average Bonchev–Trinajstić information content (AvgIpc) is 3.07. The van der Waals surface area contributed by atoms with E-state index in [0.717, 1.165) is 25.9 Å². The number of nitrogens with zero attached hydrogens (tertiary/aromatic N) is 2. The molecule has 1 N–H and O–H groups in total. The molecular formula is C16H26N2O3. The number of hydrogen-bond acceptors (Lipinski definition) is 2. The number of urea groups is 1. The fraction of sp³-hybridized carbons (Fsp3) is 0.875. The molecule has 2 saturated heterocycles. The lowest BCUT2D eigenvalue weighted by atomic mass is 9.89. The SMILES string of the molecule is CCC1CCN(C(=O)N2CC3CCCC3C2)C(C(=O)O)C1. The smallest absolute Gasteiger partial charge is 0.326 e. The van der Waals surface area contributed by atoms with Crippen molar-refractivity contribution in [1.82, 2.24) is 9.80 Å². The predicted molar refractivity (Wildman–Crippen MR) is 78.9 cm³/mol. The summed E-state index contributed by atoms with van der Waals surface area (Å²) in [5.74, 6) is 0.907. The van der Waals surface area contributed by atoms with Gasteiger partial charge >= 0.3 is 12.0 Å². The Bertz CT molecular complexity index is 414. The third kappa shape index (κ3) is 2.74. The number of hydrogen-bond donors (Lipinski definition) is 1. The molecule has 0 aromatic heterocycles. The summed E-state index contributed by atoms with van der Waals surface area (Å²) >= 11 is 0. The van der Waals surface area contributed by atoms with E-state index in [1.807, 2.05) is 4.90 Å². The number of rotatable bonds is 2. The summed E-state index contributed by atoms with van der Waals surface area (Å²) in [7, 11) is 0. The van der Waals surface area contributed by atoms with Crippen LogP contribution < -0.4 is 0 Å². The molecule has 5 heteroatoms. The van der Waals surface area contributed by atoms with E-state index in [-0.39, 0.29) is 6.03 Å². The molecule has 0 spiro atoms. The van der Waals surface area contributed by atoms with Gasteiger partial charge in [-0.3, -0.25) is 0 Å². The van der Waals surface area contributed by atoms with Crippen LogP contribution in [0.1, 0.15) is 45.4 Å². The standard InChI is InChI=1S/C16H26N2O3/c1-2-11-6-7-18(14(8-11)15(19)20)16(21)17-9-12-4-3-5-13(12)10-17/h11-14H,2-10H2,1H3,(H,19,20). The van der Waals surface area contributed by atoms with E-state index in [4.69, 9.17) is 0 Å². The molecule has 2 amide bonds. The molecule has 118 valence electrons. The van der Waals surface area contributed by atoms with Gasteiger partial charge in [0, 0.05) is 19.6 Å². The van der Waals surface area contributed by atoms with Crippen LogP contribution in [-0.2, 0) is 4.79 Å². The van der Waals surface area contributed by atoms with Crippen molar-refractivity contribution in [3.8, 4) is 0 Å². The third-order valence-electron chi connectivity index (χ3n) is 5.82. The second-order valence-corrected chi connectivity index (χ2v) is 6.98. The van der Waals surface area contributed by atoms with Gasteiger partial charge in [-0.15, -0.1) is 0 Å². The van der Waals surface area contributed by atoms with Gasteiger partial charge in [-0.1, -0.05) is 19.8 Å². The van der Waals surface area contributed by atoms with Crippen LogP contribution in [0, 0.1) is 17.8 Å². The number of carbonyl (C=O) groups excluding carboxylic acids is 1. The molecule has 0 aromatic rings. The normalized spacial score (nSPS) is 35.9. The highest BCUT2D eigenvalue weighted by atomic mass is 16.4. The van der Waals surface area contributed by atoms with E-state index in [1.54, 1.807) is 4.90 Å². The van der Waals surface area contributed by atoms with Gasteiger partial charge in [-0.2, -0.15) is 0 Å². The van der Waals surface area contributed by atoms with Crippen LogP contribution in [0.15, 0.2) is 0 Å². The first-order valence-corrected chi connectivity index (χ1v) is 8.38. The zero-order valence-corrected chi connectivity index (χ0v) is 12.8. The summed E-state index contributed by atoms with van der Waals surface area (Å²) in [5.41, 5.74) is 0. The minimum atomic E-state index is -0.846. The van der Waals surface area contributed by atoms with Gasteiger partial charge < -0.3 is 14.9 Å². The Morgan fingerprint density at radius 2 is 1.81 bits per heavy atom. The highest BCUT2D eigenvalue weighted by molar-refractivity contribution is 5.83. The van der Waals surface area contributed by atoms with Crippen molar-refractivity contribution in [2.24, 2.45) is 17.8 Å². The first-order chi connectivity index (χ1) is 10.1. The Kier molecular flexibility index (Phi) is 4.09. The van der Waals surface area contributed by atoms with Gasteiger partial charge in [-0.25, -0.2) is 9.59 Å². The minimum absolute atomic E-state index is 0.0358. The highest BCUT2D eigenvalue weighted by Crippen LogP contribution is 2.38. The van der Waals surface area contributed by atoms with Gasteiger partial charge in [0.1, 0.15) is 6.04 Å². The van der Waals surface area contributed by atoms with Crippen molar-refractivity contribution in [2.45, 2.75) is 51.5 Å². The number of carbonyl (C=O) groups is 2. The lowest BCUT2D eigenvalue weighted by Gasteiger charge is -2.39. The van der Waals surface area contributed by atoms with Crippen LogP contribution in [0.5, 0.6) is 0 Å². The van der Waals surface area contributed by atoms with E-state index in [2.05, 4.69) is 6.92 Å². The zero-order valence-electron chi connectivity index (χ0n) is 12.8. The van der Waals surface area contributed by atoms with Gasteiger partial charge in [0.15, 0.2) is 0 Å². The fourth-order valence-corrected chi connectivity index (χ4v) is 4.45. The second kappa shape index (κ2) is 5.85. The summed E-state index contributed by atoms with van der Waals surface area (Å²) < 4.78 is 0. The molecule has 1 aliphatic carbocycles. The minimum Gasteiger partial charge on any atom is -0.480 e. The number of carboxylic acids is 1. The summed E-state index contributed by atoms with van der Waals surface area (Å²) in [6.07, 6.45) is 6.30. The van der Waals surface area contributed by atoms with Gasteiger partial charge in [-0.05, 0) is 43.4 Å². The molecule has 0 aromatic carbocycles. The van der Waals surface area contributed by atoms with Crippen molar-refractivity contribution >= 4 is 12.0 Å². The quantitative estimate of drug-likeness (QED) is 0.851. The molecule has 2 aliphatic heterocycles. The first kappa shape index (κ1) is 14.7. The van der Waals surface area contributed by atoms with Gasteiger partial charge in [0.25, 0.3) is 0 Å². The number of piperidine rings is 1. The number of carboxylic acid groups (broad SMARTS) is 1. The van der Waals surface area contributed by atoms with E-state index in [1.165, 1.54) is 19.3 Å². The van der Waals surface area contributed by atoms with Crippen molar-refractivity contribution in [2.75, 3.05) is 19.6 Å². The van der Waals surface area contributed by atoms with Gasteiger partial charge in [0.2, 0.25) is 0 Å².